The first-order valence-electron chi connectivity index (χ1n) is 5.88. The summed E-state index contributed by atoms with van der Waals surface area (Å²) in [5.74, 6) is 0.0857. The topological polar surface area (TPSA) is 53.7 Å². The molecule has 1 aromatic rings. The van der Waals surface area contributed by atoms with Gasteiger partial charge in [0.2, 0.25) is 0 Å². The molecule has 0 bridgehead atoms. The molecule has 1 fully saturated rings. The molecule has 0 aliphatic carbocycles. The highest BCUT2D eigenvalue weighted by molar-refractivity contribution is 9.10. The fraction of sp³-hybridized carbons (Fsp3) is 0.583. The van der Waals surface area contributed by atoms with Gasteiger partial charge in [0.25, 0.3) is 0 Å². The Labute approximate surface area is 109 Å². The van der Waals surface area contributed by atoms with Gasteiger partial charge in [0.1, 0.15) is 11.8 Å². The van der Waals surface area contributed by atoms with Crippen molar-refractivity contribution in [3.8, 4) is 0 Å². The Morgan fingerprint density at radius 3 is 2.94 bits per heavy atom. The summed E-state index contributed by atoms with van der Waals surface area (Å²) in [4.78, 5) is 13.2. The van der Waals surface area contributed by atoms with Crippen LogP contribution in [0.4, 0.5) is 0 Å². The Bertz CT molecular complexity index is 391. The number of rotatable bonds is 3. The molecule has 1 aromatic heterocycles. The van der Waals surface area contributed by atoms with Crippen LogP contribution in [0.25, 0.3) is 0 Å². The van der Waals surface area contributed by atoms with Gasteiger partial charge in [0.05, 0.1) is 6.54 Å². The second-order valence-electron chi connectivity index (χ2n) is 4.38. The predicted molar refractivity (Wildman–Crippen MR) is 66.7 cm³/mol. The van der Waals surface area contributed by atoms with E-state index in [0.29, 0.717) is 11.2 Å². The van der Waals surface area contributed by atoms with E-state index in [1.54, 1.807) is 0 Å². The zero-order valence-corrected chi connectivity index (χ0v) is 11.1. The van der Waals surface area contributed by atoms with E-state index in [2.05, 4.69) is 15.9 Å². The van der Waals surface area contributed by atoms with Crippen LogP contribution in [0.1, 0.15) is 31.4 Å². The van der Waals surface area contributed by atoms with Gasteiger partial charge in [-0.15, -0.1) is 0 Å². The van der Waals surface area contributed by atoms with Crippen LogP contribution < -0.4 is 0 Å². The summed E-state index contributed by atoms with van der Waals surface area (Å²) in [7, 11) is 0. The van der Waals surface area contributed by atoms with Crippen LogP contribution in [0.15, 0.2) is 21.2 Å². The number of carboxylic acid groups (broad SMARTS) is 1. The van der Waals surface area contributed by atoms with Crippen LogP contribution in [0.3, 0.4) is 0 Å². The summed E-state index contributed by atoms with van der Waals surface area (Å²) >= 11 is 3.25. The van der Waals surface area contributed by atoms with Crippen molar-refractivity contribution in [1.82, 2.24) is 4.90 Å². The molecule has 0 amide bonds. The van der Waals surface area contributed by atoms with E-state index in [1.807, 2.05) is 17.0 Å². The van der Waals surface area contributed by atoms with Crippen molar-refractivity contribution in [1.29, 1.82) is 0 Å². The summed E-state index contributed by atoms with van der Waals surface area (Å²) in [5, 5.41) is 9.24. The second-order valence-corrected chi connectivity index (χ2v) is 5.16. The van der Waals surface area contributed by atoms with Crippen LogP contribution >= 0.6 is 15.9 Å². The first-order valence-corrected chi connectivity index (χ1v) is 6.67. The van der Waals surface area contributed by atoms with Crippen molar-refractivity contribution < 1.29 is 14.3 Å². The molecule has 1 N–H and O–H groups in total. The van der Waals surface area contributed by atoms with E-state index in [0.717, 1.165) is 38.0 Å². The number of hydrogen-bond donors (Lipinski definition) is 1. The highest BCUT2D eigenvalue weighted by Crippen LogP contribution is 2.21. The molecule has 0 saturated carbocycles. The molecule has 0 aromatic carbocycles. The molecular weight excluding hydrogens is 286 g/mol. The van der Waals surface area contributed by atoms with E-state index in [-0.39, 0.29) is 6.04 Å². The normalized spacial score (nSPS) is 22.3. The van der Waals surface area contributed by atoms with Crippen molar-refractivity contribution in [2.24, 2.45) is 0 Å². The van der Waals surface area contributed by atoms with Gasteiger partial charge < -0.3 is 9.52 Å². The monoisotopic (exact) mass is 301 g/mol. The minimum absolute atomic E-state index is 0.374. The smallest absolute Gasteiger partial charge is 0.320 e. The molecule has 94 valence electrons. The van der Waals surface area contributed by atoms with Gasteiger partial charge >= 0.3 is 5.97 Å². The van der Waals surface area contributed by atoms with Crippen LogP contribution in [-0.2, 0) is 11.3 Å². The lowest BCUT2D eigenvalue weighted by atomic mass is 10.1. The van der Waals surface area contributed by atoms with Gasteiger partial charge in [-0.05, 0) is 47.4 Å². The van der Waals surface area contributed by atoms with Gasteiger partial charge in [-0.1, -0.05) is 12.8 Å². The first-order chi connectivity index (χ1) is 8.16. The van der Waals surface area contributed by atoms with Gasteiger partial charge in [0, 0.05) is 0 Å². The van der Waals surface area contributed by atoms with E-state index in [1.165, 1.54) is 0 Å². The number of halogens is 1. The molecule has 1 aliphatic rings. The minimum Gasteiger partial charge on any atom is -0.480 e. The largest absolute Gasteiger partial charge is 0.480 e. The minimum atomic E-state index is -0.725. The SMILES string of the molecule is O=C(O)C1CCCCCN1Cc1ccc(Br)o1. The van der Waals surface area contributed by atoms with E-state index in [9.17, 15) is 9.90 Å². The van der Waals surface area contributed by atoms with Gasteiger partial charge in [0.15, 0.2) is 4.67 Å². The molecule has 1 saturated heterocycles. The Morgan fingerprint density at radius 2 is 2.29 bits per heavy atom. The lowest BCUT2D eigenvalue weighted by Gasteiger charge is -2.25. The fourth-order valence-corrected chi connectivity index (χ4v) is 2.61. The number of hydrogen-bond acceptors (Lipinski definition) is 3. The van der Waals surface area contributed by atoms with Crippen LogP contribution in [0.2, 0.25) is 0 Å². The molecule has 2 heterocycles. The fourth-order valence-electron chi connectivity index (χ4n) is 2.27. The zero-order chi connectivity index (χ0) is 12.3. The third-order valence-corrected chi connectivity index (χ3v) is 3.56. The summed E-state index contributed by atoms with van der Waals surface area (Å²) in [6, 6.07) is 3.35. The molecule has 2 rings (SSSR count). The first kappa shape index (κ1) is 12.6. The third-order valence-electron chi connectivity index (χ3n) is 3.14. The summed E-state index contributed by atoms with van der Waals surface area (Å²) in [6.45, 7) is 1.40. The summed E-state index contributed by atoms with van der Waals surface area (Å²) < 4.78 is 6.13. The Hall–Kier alpha value is -0.810. The van der Waals surface area contributed by atoms with E-state index in [4.69, 9.17) is 4.42 Å². The Morgan fingerprint density at radius 1 is 1.47 bits per heavy atom. The average molecular weight is 302 g/mol. The van der Waals surface area contributed by atoms with Crippen molar-refractivity contribution in [3.05, 3.63) is 22.6 Å². The molecule has 0 spiro atoms. The van der Waals surface area contributed by atoms with Gasteiger partial charge in [-0.2, -0.15) is 0 Å². The Kier molecular flexibility index (Phi) is 4.23. The van der Waals surface area contributed by atoms with Crippen LogP contribution in [-0.4, -0.2) is 28.6 Å². The Balaban J connectivity index is 2.07. The molecule has 1 unspecified atom stereocenters. The van der Waals surface area contributed by atoms with Crippen molar-refractivity contribution in [3.63, 3.8) is 0 Å². The molecule has 17 heavy (non-hydrogen) atoms. The maximum Gasteiger partial charge on any atom is 0.320 e. The molecular formula is C12H16BrNO3. The number of aliphatic carboxylic acids is 1. The second kappa shape index (κ2) is 5.69. The number of nitrogens with zero attached hydrogens (tertiary/aromatic N) is 1. The van der Waals surface area contributed by atoms with Crippen molar-refractivity contribution in [2.45, 2.75) is 38.3 Å². The maximum atomic E-state index is 11.2. The molecule has 0 radical (unpaired) electrons. The lowest BCUT2D eigenvalue weighted by molar-refractivity contribution is -0.143. The maximum absolute atomic E-state index is 11.2. The van der Waals surface area contributed by atoms with E-state index < -0.39 is 5.97 Å². The molecule has 1 aliphatic heterocycles. The molecule has 1 atom stereocenters. The number of furan rings is 1. The van der Waals surface area contributed by atoms with Crippen LogP contribution in [0, 0.1) is 0 Å². The van der Waals surface area contributed by atoms with Crippen LogP contribution in [0.5, 0.6) is 0 Å². The van der Waals surface area contributed by atoms with E-state index >= 15 is 0 Å². The lowest BCUT2D eigenvalue weighted by Crippen LogP contribution is -2.40. The quantitative estimate of drug-likeness (QED) is 0.933. The summed E-state index contributed by atoms with van der Waals surface area (Å²) in [6.07, 6.45) is 3.90. The standard InChI is InChI=1S/C12H16BrNO3/c13-11-6-5-9(17-11)8-14-7-3-1-2-4-10(14)12(15)16/h5-6,10H,1-4,7-8H2,(H,15,16). The highest BCUT2D eigenvalue weighted by Gasteiger charge is 2.27. The average Bonchev–Trinajstić information content (AvgIpc) is 2.55. The molecule has 4 nitrogen and oxygen atoms in total. The van der Waals surface area contributed by atoms with Crippen molar-refractivity contribution >= 4 is 21.9 Å². The highest BCUT2D eigenvalue weighted by atomic mass is 79.9. The molecule has 5 heteroatoms. The third kappa shape index (κ3) is 3.33. The van der Waals surface area contributed by atoms with Gasteiger partial charge in [-0.3, -0.25) is 9.69 Å². The number of carbonyl (C=O) groups is 1. The van der Waals surface area contributed by atoms with Crippen molar-refractivity contribution in [2.75, 3.05) is 6.54 Å². The number of likely N-dealkylation sites (tertiary alicyclic amines) is 1. The number of carboxylic acids is 1. The predicted octanol–water partition coefficient (Wildman–Crippen LogP) is 2.87. The summed E-state index contributed by atoms with van der Waals surface area (Å²) in [5.41, 5.74) is 0. The zero-order valence-electron chi connectivity index (χ0n) is 9.56. The van der Waals surface area contributed by atoms with Gasteiger partial charge in [-0.25, -0.2) is 0 Å².